The Morgan fingerprint density at radius 3 is 2.64 bits per heavy atom. The van der Waals surface area contributed by atoms with Gasteiger partial charge in [0.1, 0.15) is 0 Å². The van der Waals surface area contributed by atoms with Crippen LogP contribution in [-0.2, 0) is 4.74 Å². The van der Waals surface area contributed by atoms with Crippen LogP contribution < -0.4 is 5.43 Å². The lowest BCUT2D eigenvalue weighted by atomic mass is 10.1. The van der Waals surface area contributed by atoms with E-state index in [4.69, 9.17) is 9.15 Å². The molecule has 0 unspecified atom stereocenters. The van der Waals surface area contributed by atoms with Gasteiger partial charge < -0.3 is 14.1 Å². The molecule has 6 nitrogen and oxygen atoms in total. The van der Waals surface area contributed by atoms with Gasteiger partial charge in [0.15, 0.2) is 5.76 Å². The van der Waals surface area contributed by atoms with Crippen LogP contribution in [0.25, 0.3) is 6.08 Å². The smallest absolute Gasteiger partial charge is 0.307 e. The van der Waals surface area contributed by atoms with Gasteiger partial charge in [0.05, 0.1) is 25.7 Å². The van der Waals surface area contributed by atoms with Crippen LogP contribution >= 0.6 is 0 Å². The average Bonchev–Trinajstić information content (AvgIpc) is 3.40. The van der Waals surface area contributed by atoms with E-state index in [9.17, 15) is 4.79 Å². The Kier molecular flexibility index (Phi) is 5.68. The van der Waals surface area contributed by atoms with Crippen LogP contribution in [0.3, 0.4) is 0 Å². The zero-order valence-electron chi connectivity index (χ0n) is 15.6. The zero-order valence-corrected chi connectivity index (χ0v) is 15.6. The van der Waals surface area contributed by atoms with Gasteiger partial charge >= 0.3 is 5.91 Å². The Bertz CT molecular complexity index is 892. The molecule has 1 aliphatic carbocycles. The highest BCUT2D eigenvalue weighted by atomic mass is 16.5. The maximum absolute atomic E-state index is 12.0. The van der Waals surface area contributed by atoms with Crippen molar-refractivity contribution in [3.63, 3.8) is 0 Å². The lowest BCUT2D eigenvalue weighted by Gasteiger charge is -2.31. The molecule has 1 amide bonds. The van der Waals surface area contributed by atoms with Gasteiger partial charge in [0.2, 0.25) is 0 Å². The normalized spacial score (nSPS) is 19.0. The minimum Gasteiger partial charge on any atom is -0.459 e. The second-order valence-electron chi connectivity index (χ2n) is 6.73. The number of nitrogens with zero attached hydrogens (tertiary/aromatic N) is 2. The number of morpholine rings is 1. The Morgan fingerprint density at radius 2 is 1.89 bits per heavy atom. The number of hydrogen-bond donors (Lipinski definition) is 1. The molecule has 1 N–H and O–H groups in total. The van der Waals surface area contributed by atoms with Gasteiger partial charge in [-0.3, -0.25) is 4.79 Å². The fraction of sp³-hybridized carbons (Fsp3) is 0.273. The van der Waals surface area contributed by atoms with Crippen molar-refractivity contribution in [3.05, 3.63) is 76.9 Å². The molecule has 0 saturated carbocycles. The van der Waals surface area contributed by atoms with Crippen LogP contribution in [0.1, 0.15) is 29.0 Å². The molecule has 0 atom stereocenters. The van der Waals surface area contributed by atoms with Crippen molar-refractivity contribution in [2.75, 3.05) is 26.3 Å². The van der Waals surface area contributed by atoms with Crippen LogP contribution in [0.2, 0.25) is 0 Å². The molecule has 2 heterocycles. The van der Waals surface area contributed by atoms with Crippen LogP contribution in [0.5, 0.6) is 0 Å². The maximum Gasteiger partial charge on any atom is 0.307 e. The van der Waals surface area contributed by atoms with Gasteiger partial charge in [-0.05, 0) is 47.8 Å². The summed E-state index contributed by atoms with van der Waals surface area (Å²) in [5, 5.41) is 4.17. The molecule has 2 aliphatic rings. The summed E-state index contributed by atoms with van der Waals surface area (Å²) in [6.07, 6.45) is 7.32. The van der Waals surface area contributed by atoms with Gasteiger partial charge in [0.25, 0.3) is 0 Å². The van der Waals surface area contributed by atoms with Gasteiger partial charge in [-0.1, -0.05) is 30.3 Å². The maximum atomic E-state index is 12.0. The summed E-state index contributed by atoms with van der Waals surface area (Å²) in [5.41, 5.74) is 7.37. The molecular formula is C22H23N3O3. The molecule has 6 heteroatoms. The third kappa shape index (κ3) is 4.23. The predicted octanol–water partition coefficient (Wildman–Crippen LogP) is 3.46. The highest BCUT2D eigenvalue weighted by Gasteiger charge is 2.25. The van der Waals surface area contributed by atoms with Crippen LogP contribution in [-0.4, -0.2) is 43.3 Å². The van der Waals surface area contributed by atoms with E-state index < -0.39 is 0 Å². The summed E-state index contributed by atoms with van der Waals surface area (Å²) in [5.74, 6) is -0.108. The second kappa shape index (κ2) is 8.71. The molecule has 0 spiro atoms. The van der Waals surface area contributed by atoms with Crippen molar-refractivity contribution in [1.29, 1.82) is 0 Å². The molecular weight excluding hydrogens is 354 g/mol. The first-order valence-electron chi connectivity index (χ1n) is 9.50. The number of rotatable bonds is 5. The number of nitrogens with one attached hydrogen (secondary N) is 1. The summed E-state index contributed by atoms with van der Waals surface area (Å²) < 4.78 is 10.6. The molecule has 2 aromatic rings. The van der Waals surface area contributed by atoms with E-state index in [2.05, 4.69) is 33.6 Å². The van der Waals surface area contributed by atoms with E-state index in [1.807, 2.05) is 18.2 Å². The first-order valence-corrected chi connectivity index (χ1v) is 9.50. The predicted molar refractivity (Wildman–Crippen MR) is 108 cm³/mol. The fourth-order valence-corrected chi connectivity index (χ4v) is 3.55. The van der Waals surface area contributed by atoms with Crippen LogP contribution in [0, 0.1) is 0 Å². The third-order valence-corrected chi connectivity index (χ3v) is 4.87. The number of amides is 1. The molecule has 0 radical (unpaired) electrons. The summed E-state index contributed by atoms with van der Waals surface area (Å²) in [7, 11) is 0. The Morgan fingerprint density at radius 1 is 1.07 bits per heavy atom. The number of furan rings is 1. The Hall–Kier alpha value is -3.12. The lowest BCUT2D eigenvalue weighted by Crippen LogP contribution is -2.36. The summed E-state index contributed by atoms with van der Waals surface area (Å²) in [4.78, 5) is 14.4. The molecule has 144 valence electrons. The van der Waals surface area contributed by atoms with E-state index in [1.54, 1.807) is 18.3 Å². The molecule has 0 bridgehead atoms. The van der Waals surface area contributed by atoms with Crippen molar-refractivity contribution >= 4 is 18.2 Å². The molecule has 28 heavy (non-hydrogen) atoms. The zero-order chi connectivity index (χ0) is 19.2. The average molecular weight is 377 g/mol. The quantitative estimate of drug-likeness (QED) is 0.640. The minimum absolute atomic E-state index is 0.246. The van der Waals surface area contributed by atoms with E-state index in [0.29, 0.717) is 0 Å². The van der Waals surface area contributed by atoms with Crippen molar-refractivity contribution < 1.29 is 13.9 Å². The van der Waals surface area contributed by atoms with Crippen LogP contribution in [0.4, 0.5) is 0 Å². The molecule has 1 saturated heterocycles. The molecule has 1 aromatic heterocycles. The van der Waals surface area contributed by atoms with E-state index in [0.717, 1.165) is 44.7 Å². The van der Waals surface area contributed by atoms with Gasteiger partial charge in [-0.2, -0.15) is 5.10 Å². The number of allylic oxidation sites excluding steroid dienone is 2. The van der Waals surface area contributed by atoms with Crippen molar-refractivity contribution in [2.45, 2.75) is 12.8 Å². The van der Waals surface area contributed by atoms with Gasteiger partial charge in [-0.15, -0.1) is 0 Å². The standard InChI is InChI=1S/C22H23N3O3/c26-22(20-7-4-12-28-20)24-23-16-19-9-8-18(15-17-5-2-1-3-6-17)21(19)25-10-13-27-14-11-25/h1-7,12,15-16H,8-11,13-14H2,(H,24,26). The number of hydrazone groups is 1. The number of benzene rings is 1. The molecule has 1 aliphatic heterocycles. The Balaban J connectivity index is 1.57. The third-order valence-electron chi connectivity index (χ3n) is 4.87. The number of carbonyl (C=O) groups is 1. The first-order chi connectivity index (χ1) is 13.8. The summed E-state index contributed by atoms with van der Waals surface area (Å²) >= 11 is 0. The van der Waals surface area contributed by atoms with Crippen LogP contribution in [0.15, 0.2) is 75.1 Å². The SMILES string of the molecule is O=C(NN=CC1=C(N2CCOCC2)C(=Cc2ccccc2)CC1)c1ccco1. The van der Waals surface area contributed by atoms with Crippen molar-refractivity contribution in [3.8, 4) is 0 Å². The Labute approximate surface area is 164 Å². The fourth-order valence-electron chi connectivity index (χ4n) is 3.55. The highest BCUT2D eigenvalue weighted by molar-refractivity contribution is 5.92. The van der Waals surface area contributed by atoms with Gasteiger partial charge in [-0.25, -0.2) is 5.43 Å². The first kappa shape index (κ1) is 18.3. The lowest BCUT2D eigenvalue weighted by molar-refractivity contribution is 0.0548. The minimum atomic E-state index is -0.354. The van der Waals surface area contributed by atoms with E-state index in [1.165, 1.54) is 23.1 Å². The summed E-state index contributed by atoms with van der Waals surface area (Å²) in [6.45, 7) is 3.17. The highest BCUT2D eigenvalue weighted by Crippen LogP contribution is 2.34. The van der Waals surface area contributed by atoms with Crippen molar-refractivity contribution in [2.24, 2.45) is 5.10 Å². The number of carbonyl (C=O) groups excluding carboxylic acids is 1. The molecule has 1 fully saturated rings. The largest absolute Gasteiger partial charge is 0.459 e. The van der Waals surface area contributed by atoms with Gasteiger partial charge in [0, 0.05) is 18.8 Å². The molecule has 4 rings (SSSR count). The molecule has 1 aromatic carbocycles. The monoisotopic (exact) mass is 377 g/mol. The second-order valence-corrected chi connectivity index (χ2v) is 6.73. The van der Waals surface area contributed by atoms with E-state index >= 15 is 0 Å². The summed E-state index contributed by atoms with van der Waals surface area (Å²) in [6, 6.07) is 13.6. The number of hydrogen-bond acceptors (Lipinski definition) is 5. The van der Waals surface area contributed by atoms with Crippen molar-refractivity contribution in [1.82, 2.24) is 10.3 Å². The topological polar surface area (TPSA) is 67.1 Å². The number of ether oxygens (including phenoxy) is 1. The van der Waals surface area contributed by atoms with E-state index in [-0.39, 0.29) is 11.7 Å².